The minimum atomic E-state index is 0.499. The van der Waals surface area contributed by atoms with Crippen LogP contribution < -0.4 is 10.1 Å². The maximum absolute atomic E-state index is 6.07. The molecule has 0 aliphatic heterocycles. The van der Waals surface area contributed by atoms with Crippen molar-refractivity contribution < 1.29 is 4.74 Å². The minimum absolute atomic E-state index is 0.499. The van der Waals surface area contributed by atoms with Gasteiger partial charge in [0.2, 0.25) is 0 Å². The second kappa shape index (κ2) is 9.09. The van der Waals surface area contributed by atoms with Crippen molar-refractivity contribution in [3.63, 3.8) is 0 Å². The molecule has 0 aliphatic carbocycles. The molecule has 0 bridgehead atoms. The predicted octanol–water partition coefficient (Wildman–Crippen LogP) is 4.70. The molecular formula is C19H33NO. The molecule has 0 heterocycles. The summed E-state index contributed by atoms with van der Waals surface area (Å²) in [5, 5.41) is 3.23. The van der Waals surface area contributed by atoms with Crippen molar-refractivity contribution in [2.75, 3.05) is 20.2 Å². The molecule has 2 heteroatoms. The summed E-state index contributed by atoms with van der Waals surface area (Å²) in [7, 11) is 2.00. The number of rotatable bonds is 9. The third-order valence-corrected chi connectivity index (χ3v) is 3.92. The Morgan fingerprint density at radius 3 is 2.43 bits per heavy atom. The van der Waals surface area contributed by atoms with E-state index in [1.807, 2.05) is 7.05 Å². The van der Waals surface area contributed by atoms with Gasteiger partial charge in [0.1, 0.15) is 5.75 Å². The van der Waals surface area contributed by atoms with Crippen molar-refractivity contribution in [2.45, 2.75) is 59.8 Å². The molecule has 0 spiro atoms. The van der Waals surface area contributed by atoms with E-state index >= 15 is 0 Å². The number of ether oxygens (including phenoxy) is 1. The average molecular weight is 291 g/mol. The third kappa shape index (κ3) is 6.09. The van der Waals surface area contributed by atoms with Crippen LogP contribution in [0.25, 0.3) is 0 Å². The van der Waals surface area contributed by atoms with Crippen LogP contribution in [0.3, 0.4) is 0 Å². The molecule has 120 valence electrons. The van der Waals surface area contributed by atoms with E-state index in [1.54, 1.807) is 0 Å². The second-order valence-electron chi connectivity index (χ2n) is 6.71. The molecule has 1 rings (SSSR count). The van der Waals surface area contributed by atoms with Crippen LogP contribution in [0.5, 0.6) is 5.75 Å². The van der Waals surface area contributed by atoms with Crippen LogP contribution in [0.1, 0.15) is 63.1 Å². The van der Waals surface area contributed by atoms with Crippen molar-refractivity contribution in [3.05, 3.63) is 28.8 Å². The van der Waals surface area contributed by atoms with Gasteiger partial charge in [-0.1, -0.05) is 33.8 Å². The van der Waals surface area contributed by atoms with E-state index in [4.69, 9.17) is 4.74 Å². The fourth-order valence-corrected chi connectivity index (χ4v) is 2.52. The standard InChI is InChI=1S/C19H33NO/c1-14(2)8-7-11-21-19-12-16(5)17(9-10-20-6)13-18(19)15(3)4/h12-15,20H,7-11H2,1-6H3. The summed E-state index contributed by atoms with van der Waals surface area (Å²) in [5.74, 6) is 2.34. The van der Waals surface area contributed by atoms with Crippen LogP contribution in [0.2, 0.25) is 0 Å². The average Bonchev–Trinajstić information content (AvgIpc) is 2.42. The Bertz CT molecular complexity index is 424. The van der Waals surface area contributed by atoms with Gasteiger partial charge in [0.15, 0.2) is 0 Å². The van der Waals surface area contributed by atoms with Crippen LogP contribution in [0.4, 0.5) is 0 Å². The molecule has 0 unspecified atom stereocenters. The highest BCUT2D eigenvalue weighted by Crippen LogP contribution is 2.30. The molecular weight excluding hydrogens is 258 g/mol. The van der Waals surface area contributed by atoms with Gasteiger partial charge in [0, 0.05) is 0 Å². The third-order valence-electron chi connectivity index (χ3n) is 3.92. The molecule has 21 heavy (non-hydrogen) atoms. The highest BCUT2D eigenvalue weighted by molar-refractivity contribution is 5.44. The topological polar surface area (TPSA) is 21.3 Å². The summed E-state index contributed by atoms with van der Waals surface area (Å²) in [4.78, 5) is 0. The molecule has 1 aromatic rings. The molecule has 0 aliphatic rings. The summed E-state index contributed by atoms with van der Waals surface area (Å²) in [5.41, 5.74) is 4.12. The van der Waals surface area contributed by atoms with Gasteiger partial charge in [0.25, 0.3) is 0 Å². The fourth-order valence-electron chi connectivity index (χ4n) is 2.52. The Morgan fingerprint density at radius 2 is 1.86 bits per heavy atom. The largest absolute Gasteiger partial charge is 0.493 e. The van der Waals surface area contributed by atoms with Crippen molar-refractivity contribution in [2.24, 2.45) is 5.92 Å². The van der Waals surface area contributed by atoms with E-state index in [9.17, 15) is 0 Å². The Hall–Kier alpha value is -1.02. The SMILES string of the molecule is CNCCc1cc(C(C)C)c(OCCCC(C)C)cc1C. The lowest BCUT2D eigenvalue weighted by Gasteiger charge is -2.18. The Morgan fingerprint density at radius 1 is 1.14 bits per heavy atom. The molecule has 0 aromatic heterocycles. The molecule has 0 amide bonds. The minimum Gasteiger partial charge on any atom is -0.493 e. The lowest BCUT2D eigenvalue weighted by atomic mass is 9.95. The zero-order valence-electron chi connectivity index (χ0n) is 14.8. The highest BCUT2D eigenvalue weighted by atomic mass is 16.5. The van der Waals surface area contributed by atoms with Crippen LogP contribution in [0.15, 0.2) is 12.1 Å². The zero-order valence-corrected chi connectivity index (χ0v) is 14.8. The highest BCUT2D eigenvalue weighted by Gasteiger charge is 2.12. The van der Waals surface area contributed by atoms with Gasteiger partial charge in [0.05, 0.1) is 6.61 Å². The first kappa shape index (κ1) is 18.0. The number of hydrogen-bond donors (Lipinski definition) is 1. The van der Waals surface area contributed by atoms with Gasteiger partial charge in [-0.3, -0.25) is 0 Å². The smallest absolute Gasteiger partial charge is 0.123 e. The van der Waals surface area contributed by atoms with Crippen LogP contribution >= 0.6 is 0 Å². The van der Waals surface area contributed by atoms with Crippen molar-refractivity contribution >= 4 is 0 Å². The number of likely N-dealkylation sites (N-methyl/N-ethyl adjacent to an activating group) is 1. The molecule has 0 radical (unpaired) electrons. The molecule has 1 aromatic carbocycles. The Labute approximate surface area is 131 Å². The normalized spacial score (nSPS) is 11.4. The predicted molar refractivity (Wildman–Crippen MR) is 92.5 cm³/mol. The van der Waals surface area contributed by atoms with Crippen molar-refractivity contribution in [1.29, 1.82) is 0 Å². The van der Waals surface area contributed by atoms with E-state index in [0.29, 0.717) is 5.92 Å². The summed E-state index contributed by atoms with van der Waals surface area (Å²) in [6.07, 6.45) is 3.45. The van der Waals surface area contributed by atoms with Gasteiger partial charge < -0.3 is 10.1 Å². The lowest BCUT2D eigenvalue weighted by molar-refractivity contribution is 0.294. The summed E-state index contributed by atoms with van der Waals surface area (Å²) >= 11 is 0. The van der Waals surface area contributed by atoms with Crippen LogP contribution in [-0.2, 0) is 6.42 Å². The number of benzene rings is 1. The van der Waals surface area contributed by atoms with Gasteiger partial charge in [-0.05, 0) is 74.4 Å². The van der Waals surface area contributed by atoms with Crippen LogP contribution in [0, 0.1) is 12.8 Å². The Kier molecular flexibility index (Phi) is 7.81. The maximum atomic E-state index is 6.07. The summed E-state index contributed by atoms with van der Waals surface area (Å²) < 4.78 is 6.07. The fraction of sp³-hybridized carbons (Fsp3) is 0.684. The van der Waals surface area contributed by atoms with E-state index in [1.165, 1.54) is 23.1 Å². The molecule has 2 nitrogen and oxygen atoms in total. The number of hydrogen-bond acceptors (Lipinski definition) is 2. The first-order valence-electron chi connectivity index (χ1n) is 8.36. The van der Waals surface area contributed by atoms with Gasteiger partial charge >= 0.3 is 0 Å². The van der Waals surface area contributed by atoms with E-state index in [0.717, 1.165) is 37.7 Å². The first-order valence-corrected chi connectivity index (χ1v) is 8.36. The first-order chi connectivity index (χ1) is 9.95. The molecule has 0 atom stereocenters. The Balaban J connectivity index is 2.79. The molecule has 0 saturated heterocycles. The molecule has 1 N–H and O–H groups in total. The second-order valence-corrected chi connectivity index (χ2v) is 6.71. The van der Waals surface area contributed by atoms with E-state index < -0.39 is 0 Å². The monoisotopic (exact) mass is 291 g/mol. The zero-order chi connectivity index (χ0) is 15.8. The number of nitrogens with one attached hydrogen (secondary N) is 1. The maximum Gasteiger partial charge on any atom is 0.123 e. The summed E-state index contributed by atoms with van der Waals surface area (Å²) in [6.45, 7) is 13.1. The molecule has 0 fully saturated rings. The van der Waals surface area contributed by atoms with Gasteiger partial charge in [-0.25, -0.2) is 0 Å². The van der Waals surface area contributed by atoms with Crippen LogP contribution in [-0.4, -0.2) is 20.2 Å². The van der Waals surface area contributed by atoms with Gasteiger partial charge in [-0.2, -0.15) is 0 Å². The molecule has 0 saturated carbocycles. The lowest BCUT2D eigenvalue weighted by Crippen LogP contribution is -2.12. The van der Waals surface area contributed by atoms with Gasteiger partial charge in [-0.15, -0.1) is 0 Å². The van der Waals surface area contributed by atoms with E-state index in [2.05, 4.69) is 52.1 Å². The van der Waals surface area contributed by atoms with E-state index in [-0.39, 0.29) is 0 Å². The quantitative estimate of drug-likeness (QED) is 0.666. The number of aryl methyl sites for hydroxylation is 1. The summed E-state index contributed by atoms with van der Waals surface area (Å²) in [6, 6.07) is 4.57. The van der Waals surface area contributed by atoms with Crippen molar-refractivity contribution in [1.82, 2.24) is 5.32 Å². The van der Waals surface area contributed by atoms with Crippen molar-refractivity contribution in [3.8, 4) is 5.75 Å².